The average molecular weight is 289 g/mol. The third-order valence-corrected chi connectivity index (χ3v) is 4.51. The third kappa shape index (κ3) is 2.73. The van der Waals surface area contributed by atoms with Gasteiger partial charge in [-0.2, -0.15) is 0 Å². The maximum atomic E-state index is 12.3. The van der Waals surface area contributed by atoms with Gasteiger partial charge >= 0.3 is 12.1 Å². The minimum atomic E-state index is -0.801. The van der Waals surface area contributed by atoms with Crippen LogP contribution in [0.3, 0.4) is 0 Å². The first-order valence-corrected chi connectivity index (χ1v) is 7.38. The fraction of sp³-hybridized carbons (Fsp3) is 0.500. The van der Waals surface area contributed by atoms with Crippen molar-refractivity contribution in [1.82, 2.24) is 4.90 Å². The van der Waals surface area contributed by atoms with Gasteiger partial charge in [-0.15, -0.1) is 0 Å². The largest absolute Gasteiger partial charge is 0.481 e. The van der Waals surface area contributed by atoms with Crippen molar-refractivity contribution in [3.05, 3.63) is 35.9 Å². The van der Waals surface area contributed by atoms with Gasteiger partial charge in [0.25, 0.3) is 0 Å². The summed E-state index contributed by atoms with van der Waals surface area (Å²) < 4.78 is 5.37. The number of aliphatic carboxylic acids is 1. The molecular formula is C16H19NO4. The van der Waals surface area contributed by atoms with Crippen molar-refractivity contribution in [2.45, 2.75) is 44.4 Å². The fourth-order valence-corrected chi connectivity index (χ4v) is 3.53. The summed E-state index contributed by atoms with van der Waals surface area (Å²) in [5, 5.41) is 9.29. The Morgan fingerprint density at radius 3 is 2.71 bits per heavy atom. The van der Waals surface area contributed by atoms with E-state index in [-0.39, 0.29) is 24.8 Å². The van der Waals surface area contributed by atoms with Gasteiger partial charge in [0, 0.05) is 12.1 Å². The van der Waals surface area contributed by atoms with Crippen molar-refractivity contribution in [1.29, 1.82) is 0 Å². The van der Waals surface area contributed by atoms with E-state index in [4.69, 9.17) is 4.74 Å². The lowest BCUT2D eigenvalue weighted by Crippen LogP contribution is -2.46. The Bertz CT molecular complexity index is 530. The van der Waals surface area contributed by atoms with Crippen molar-refractivity contribution in [2.24, 2.45) is 5.92 Å². The molecule has 1 amide bonds. The fourth-order valence-electron chi connectivity index (χ4n) is 3.53. The summed E-state index contributed by atoms with van der Waals surface area (Å²) in [7, 11) is 0. The molecule has 1 aromatic rings. The molecule has 5 nitrogen and oxygen atoms in total. The van der Waals surface area contributed by atoms with Crippen molar-refractivity contribution in [3.8, 4) is 0 Å². The number of amides is 1. The van der Waals surface area contributed by atoms with E-state index in [2.05, 4.69) is 0 Å². The van der Waals surface area contributed by atoms with Crippen molar-refractivity contribution in [3.63, 3.8) is 0 Å². The maximum Gasteiger partial charge on any atom is 0.410 e. The summed E-state index contributed by atoms with van der Waals surface area (Å²) in [6, 6.07) is 9.32. The van der Waals surface area contributed by atoms with Crippen LogP contribution in [-0.2, 0) is 16.1 Å². The molecule has 2 fully saturated rings. The molecule has 112 valence electrons. The number of piperidine rings is 1. The molecule has 0 radical (unpaired) electrons. The summed E-state index contributed by atoms with van der Waals surface area (Å²) in [5.74, 6) is -1.24. The SMILES string of the molecule is O=C(O)[C@@H]1C[C@H]2CCC[C@@H]1N2C(=O)OCc1ccccc1. The molecule has 2 aliphatic heterocycles. The zero-order valence-corrected chi connectivity index (χ0v) is 11.8. The van der Waals surface area contributed by atoms with Crippen molar-refractivity contribution < 1.29 is 19.4 Å². The number of rotatable bonds is 3. The van der Waals surface area contributed by atoms with E-state index in [1.807, 2.05) is 30.3 Å². The van der Waals surface area contributed by atoms with Gasteiger partial charge in [-0.05, 0) is 31.2 Å². The minimum absolute atomic E-state index is 0.0214. The molecule has 3 rings (SSSR count). The molecule has 0 aromatic heterocycles. The Morgan fingerprint density at radius 2 is 2.00 bits per heavy atom. The Balaban J connectivity index is 1.66. The number of nitrogens with zero attached hydrogens (tertiary/aromatic N) is 1. The van der Waals surface area contributed by atoms with E-state index in [0.717, 1.165) is 24.8 Å². The Labute approximate surface area is 123 Å². The van der Waals surface area contributed by atoms with E-state index < -0.39 is 11.9 Å². The molecule has 2 heterocycles. The molecule has 0 unspecified atom stereocenters. The molecule has 0 spiro atoms. The monoisotopic (exact) mass is 289 g/mol. The van der Waals surface area contributed by atoms with Gasteiger partial charge in [-0.25, -0.2) is 4.79 Å². The Morgan fingerprint density at radius 1 is 1.24 bits per heavy atom. The van der Waals surface area contributed by atoms with Gasteiger partial charge in [0.05, 0.1) is 5.92 Å². The highest BCUT2D eigenvalue weighted by atomic mass is 16.6. The third-order valence-electron chi connectivity index (χ3n) is 4.51. The van der Waals surface area contributed by atoms with Gasteiger partial charge in [0.15, 0.2) is 0 Å². The second-order valence-electron chi connectivity index (χ2n) is 5.78. The number of carboxylic acid groups (broad SMARTS) is 1. The second kappa shape index (κ2) is 5.76. The lowest BCUT2D eigenvalue weighted by Gasteiger charge is -2.34. The average Bonchev–Trinajstić information content (AvgIpc) is 2.72. The molecule has 1 N–H and O–H groups in total. The highest BCUT2D eigenvalue weighted by molar-refractivity contribution is 5.75. The highest BCUT2D eigenvalue weighted by Crippen LogP contribution is 2.40. The first kappa shape index (κ1) is 13.9. The summed E-state index contributed by atoms with van der Waals surface area (Å²) >= 11 is 0. The summed E-state index contributed by atoms with van der Waals surface area (Å²) in [6.45, 7) is 0.230. The van der Waals surface area contributed by atoms with Crippen molar-refractivity contribution in [2.75, 3.05) is 0 Å². The number of ether oxygens (including phenoxy) is 1. The molecule has 2 bridgehead atoms. The van der Waals surface area contributed by atoms with Crippen LogP contribution in [0.1, 0.15) is 31.2 Å². The molecule has 0 saturated carbocycles. The number of carbonyl (C=O) groups excluding carboxylic acids is 1. The molecule has 21 heavy (non-hydrogen) atoms. The second-order valence-corrected chi connectivity index (χ2v) is 5.78. The first-order valence-electron chi connectivity index (χ1n) is 7.38. The van der Waals surface area contributed by atoms with Crippen LogP contribution in [0.5, 0.6) is 0 Å². The lowest BCUT2D eigenvalue weighted by atomic mass is 9.98. The van der Waals surface area contributed by atoms with Gasteiger partial charge in [0.2, 0.25) is 0 Å². The van der Waals surface area contributed by atoms with Crippen LogP contribution in [0.4, 0.5) is 4.79 Å². The lowest BCUT2D eigenvalue weighted by molar-refractivity contribution is -0.142. The number of carboxylic acids is 1. The van der Waals surface area contributed by atoms with Gasteiger partial charge in [0.1, 0.15) is 6.61 Å². The molecular weight excluding hydrogens is 270 g/mol. The molecule has 2 aliphatic rings. The number of benzene rings is 1. The van der Waals surface area contributed by atoms with E-state index in [1.54, 1.807) is 4.90 Å². The van der Waals surface area contributed by atoms with Gasteiger partial charge in [-0.3, -0.25) is 4.79 Å². The zero-order chi connectivity index (χ0) is 14.8. The maximum absolute atomic E-state index is 12.3. The Kier molecular flexibility index (Phi) is 3.82. The quantitative estimate of drug-likeness (QED) is 0.929. The summed E-state index contributed by atoms with van der Waals surface area (Å²) in [5.41, 5.74) is 0.935. The zero-order valence-electron chi connectivity index (χ0n) is 11.8. The molecule has 0 aliphatic carbocycles. The number of hydrogen-bond acceptors (Lipinski definition) is 3. The standard InChI is InChI=1S/C16H19NO4/c18-15(19)13-9-12-7-4-8-14(13)17(12)16(20)21-10-11-5-2-1-3-6-11/h1-3,5-6,12-14H,4,7-10H2,(H,18,19)/t12-,13-,14+/m1/s1. The van der Waals surface area contributed by atoms with E-state index in [1.165, 1.54) is 0 Å². The normalized spacial score (nSPS) is 27.4. The molecule has 1 aromatic carbocycles. The van der Waals surface area contributed by atoms with E-state index in [0.29, 0.717) is 6.42 Å². The first-order chi connectivity index (χ1) is 10.2. The van der Waals surface area contributed by atoms with Crippen LogP contribution in [0.25, 0.3) is 0 Å². The topological polar surface area (TPSA) is 66.8 Å². The van der Waals surface area contributed by atoms with Crippen molar-refractivity contribution >= 4 is 12.1 Å². The molecule has 5 heteroatoms. The van der Waals surface area contributed by atoms with Crippen LogP contribution >= 0.6 is 0 Å². The minimum Gasteiger partial charge on any atom is -0.481 e. The summed E-state index contributed by atoms with van der Waals surface area (Å²) in [6.07, 6.45) is 2.80. The number of hydrogen-bond donors (Lipinski definition) is 1. The number of fused-ring (bicyclic) bond motifs is 2. The van der Waals surface area contributed by atoms with E-state index in [9.17, 15) is 14.7 Å². The summed E-state index contributed by atoms with van der Waals surface area (Å²) in [4.78, 5) is 25.3. The Hall–Kier alpha value is -2.04. The van der Waals surface area contributed by atoms with Crippen LogP contribution in [0, 0.1) is 5.92 Å². The van der Waals surface area contributed by atoms with E-state index >= 15 is 0 Å². The van der Waals surface area contributed by atoms with Gasteiger partial charge < -0.3 is 14.7 Å². The molecule has 2 saturated heterocycles. The smallest absolute Gasteiger partial charge is 0.410 e. The predicted octanol–water partition coefficient (Wildman–Crippen LogP) is 2.65. The van der Waals surface area contributed by atoms with Crippen LogP contribution < -0.4 is 0 Å². The van der Waals surface area contributed by atoms with Gasteiger partial charge in [-0.1, -0.05) is 30.3 Å². The highest BCUT2D eigenvalue weighted by Gasteiger charge is 2.49. The van der Waals surface area contributed by atoms with Crippen LogP contribution in [-0.4, -0.2) is 34.2 Å². The molecule has 3 atom stereocenters. The van der Waals surface area contributed by atoms with Crippen LogP contribution in [0.2, 0.25) is 0 Å². The van der Waals surface area contributed by atoms with Crippen LogP contribution in [0.15, 0.2) is 30.3 Å². The number of carbonyl (C=O) groups is 2. The predicted molar refractivity (Wildman–Crippen MR) is 75.6 cm³/mol.